The molecule has 0 unspecified atom stereocenters. The van der Waals surface area contributed by atoms with Crippen LogP contribution in [0.1, 0.15) is 31.7 Å². The lowest BCUT2D eigenvalue weighted by molar-refractivity contribution is -0.113. The zero-order valence-corrected chi connectivity index (χ0v) is 15.6. The number of nitrogens with one attached hydrogen (secondary N) is 2. The second-order valence-electron chi connectivity index (χ2n) is 5.83. The van der Waals surface area contributed by atoms with Crippen molar-refractivity contribution in [1.29, 1.82) is 0 Å². The van der Waals surface area contributed by atoms with Gasteiger partial charge < -0.3 is 10.3 Å². The number of anilines is 1. The van der Waals surface area contributed by atoms with Crippen LogP contribution in [0.4, 0.5) is 5.69 Å². The molecule has 0 fully saturated rings. The van der Waals surface area contributed by atoms with Crippen molar-refractivity contribution < 1.29 is 4.79 Å². The van der Waals surface area contributed by atoms with Gasteiger partial charge in [0.1, 0.15) is 0 Å². The molecule has 1 amide bonds. The summed E-state index contributed by atoms with van der Waals surface area (Å²) < 4.78 is 0. The number of carbonyl (C=O) groups excluding carboxylic acids is 1. The van der Waals surface area contributed by atoms with Gasteiger partial charge in [-0.05, 0) is 36.1 Å². The van der Waals surface area contributed by atoms with E-state index in [2.05, 4.69) is 46.2 Å². The Morgan fingerprint density at radius 2 is 2.12 bits per heavy atom. The molecule has 130 valence electrons. The molecule has 0 aliphatic rings. The normalized spacial score (nSPS) is 12.3. The lowest BCUT2D eigenvalue weighted by atomic mass is 9.99. The van der Waals surface area contributed by atoms with Gasteiger partial charge in [0.05, 0.1) is 16.3 Å². The number of hydrogen-bond acceptors (Lipinski definition) is 4. The second-order valence-corrected chi connectivity index (χ2v) is 7.24. The Morgan fingerprint density at radius 3 is 2.84 bits per heavy atom. The van der Waals surface area contributed by atoms with Crippen molar-refractivity contribution in [3.63, 3.8) is 0 Å². The Morgan fingerprint density at radius 1 is 1.36 bits per heavy atom. The first-order chi connectivity index (χ1) is 12.0. The van der Waals surface area contributed by atoms with Crippen molar-refractivity contribution in [3.8, 4) is 0 Å². The molecule has 0 bridgehead atoms. The lowest BCUT2D eigenvalue weighted by Gasteiger charge is -2.10. The predicted octanol–water partition coefficient (Wildman–Crippen LogP) is 4.86. The molecule has 5 nitrogen and oxygen atoms in total. The average Bonchev–Trinajstić information content (AvgIpc) is 3.02. The zero-order chi connectivity index (χ0) is 17.8. The maximum Gasteiger partial charge on any atom is 0.234 e. The molecule has 0 saturated heterocycles. The summed E-state index contributed by atoms with van der Waals surface area (Å²) in [6.45, 7) is 4.36. The van der Waals surface area contributed by atoms with Crippen molar-refractivity contribution in [3.05, 3.63) is 47.1 Å². The molecule has 1 aromatic carbocycles. The van der Waals surface area contributed by atoms with Crippen LogP contribution in [-0.2, 0) is 4.79 Å². The molecule has 0 spiro atoms. The molecule has 3 rings (SSSR count). The minimum absolute atomic E-state index is 0.0762. The maximum absolute atomic E-state index is 12.1. The first-order valence-corrected chi connectivity index (χ1v) is 9.45. The first kappa shape index (κ1) is 17.8. The van der Waals surface area contributed by atoms with E-state index in [1.807, 2.05) is 12.1 Å². The average molecular weight is 375 g/mol. The van der Waals surface area contributed by atoms with Gasteiger partial charge in [-0.25, -0.2) is 9.97 Å². The van der Waals surface area contributed by atoms with Crippen molar-refractivity contribution >= 4 is 46.1 Å². The summed E-state index contributed by atoms with van der Waals surface area (Å²) in [6.07, 6.45) is 2.65. The molecule has 0 aliphatic heterocycles. The van der Waals surface area contributed by atoms with Gasteiger partial charge in [-0.15, -0.1) is 0 Å². The molecule has 1 atom stereocenters. The van der Waals surface area contributed by atoms with Gasteiger partial charge in [-0.3, -0.25) is 4.79 Å². The molecular weight excluding hydrogens is 356 g/mol. The van der Waals surface area contributed by atoms with E-state index in [0.717, 1.165) is 17.6 Å². The summed E-state index contributed by atoms with van der Waals surface area (Å²) in [4.78, 5) is 23.7. The highest BCUT2D eigenvalue weighted by Gasteiger charge is 2.09. The van der Waals surface area contributed by atoms with Gasteiger partial charge in [-0.1, -0.05) is 49.3 Å². The van der Waals surface area contributed by atoms with Gasteiger partial charge in [0.25, 0.3) is 0 Å². The van der Waals surface area contributed by atoms with Gasteiger partial charge in [0.2, 0.25) is 5.91 Å². The van der Waals surface area contributed by atoms with E-state index in [1.54, 1.807) is 12.3 Å². The molecule has 2 N–H and O–H groups in total. The second kappa shape index (κ2) is 7.89. The highest BCUT2D eigenvalue weighted by molar-refractivity contribution is 7.99. The standard InChI is InChI=1S/C18H19ClN4OS/c1-3-11(2)12-4-6-14(7-5-12)21-16(24)10-25-18-22-15-8-13(19)9-20-17(15)23-18/h4-9,11H,3,10H2,1-2H3,(H,21,24)(H,20,22,23)/t11-/m1/s1. The van der Waals surface area contributed by atoms with Crippen LogP contribution in [0.25, 0.3) is 11.2 Å². The number of amides is 1. The summed E-state index contributed by atoms with van der Waals surface area (Å²) in [5.41, 5.74) is 3.43. The van der Waals surface area contributed by atoms with Crippen molar-refractivity contribution in [2.75, 3.05) is 11.1 Å². The van der Waals surface area contributed by atoms with Crippen LogP contribution in [0.5, 0.6) is 0 Å². The van der Waals surface area contributed by atoms with Gasteiger partial charge in [-0.2, -0.15) is 0 Å². The van der Waals surface area contributed by atoms with Crippen LogP contribution >= 0.6 is 23.4 Å². The van der Waals surface area contributed by atoms with E-state index < -0.39 is 0 Å². The number of aromatic amines is 1. The minimum Gasteiger partial charge on any atom is -0.331 e. The molecule has 2 heterocycles. The lowest BCUT2D eigenvalue weighted by Crippen LogP contribution is -2.14. The van der Waals surface area contributed by atoms with E-state index in [0.29, 0.717) is 21.7 Å². The topological polar surface area (TPSA) is 70.7 Å². The van der Waals surface area contributed by atoms with Gasteiger partial charge in [0.15, 0.2) is 10.8 Å². The molecule has 2 aromatic heterocycles. The van der Waals surface area contributed by atoms with E-state index in [4.69, 9.17) is 11.6 Å². The molecule has 3 aromatic rings. The Balaban J connectivity index is 1.56. The fraction of sp³-hybridized carbons (Fsp3) is 0.278. The Labute approximate surface area is 155 Å². The van der Waals surface area contributed by atoms with Crippen LogP contribution in [0.3, 0.4) is 0 Å². The molecule has 0 saturated carbocycles. The van der Waals surface area contributed by atoms with Crippen LogP contribution in [0, 0.1) is 0 Å². The molecule has 25 heavy (non-hydrogen) atoms. The monoisotopic (exact) mass is 374 g/mol. The van der Waals surface area contributed by atoms with E-state index in [9.17, 15) is 4.79 Å². The van der Waals surface area contributed by atoms with Crippen LogP contribution in [0.2, 0.25) is 5.02 Å². The highest BCUT2D eigenvalue weighted by atomic mass is 35.5. The van der Waals surface area contributed by atoms with Crippen LogP contribution < -0.4 is 5.32 Å². The van der Waals surface area contributed by atoms with Gasteiger partial charge in [0, 0.05) is 11.9 Å². The number of halogens is 1. The van der Waals surface area contributed by atoms with Gasteiger partial charge >= 0.3 is 0 Å². The first-order valence-electron chi connectivity index (χ1n) is 8.09. The molecule has 7 heteroatoms. The number of hydrogen-bond donors (Lipinski definition) is 2. The van der Waals surface area contributed by atoms with Crippen molar-refractivity contribution in [2.45, 2.75) is 31.3 Å². The summed E-state index contributed by atoms with van der Waals surface area (Å²) in [6, 6.07) is 9.77. The Hall–Kier alpha value is -2.05. The number of benzene rings is 1. The summed E-state index contributed by atoms with van der Waals surface area (Å²) in [5, 5.41) is 4.09. The molecular formula is C18H19ClN4OS. The zero-order valence-electron chi connectivity index (χ0n) is 14.0. The Kier molecular flexibility index (Phi) is 5.60. The fourth-order valence-corrected chi connectivity index (χ4v) is 3.21. The van der Waals surface area contributed by atoms with Crippen LogP contribution in [0.15, 0.2) is 41.7 Å². The summed E-state index contributed by atoms with van der Waals surface area (Å²) >= 11 is 7.23. The number of imidazole rings is 1. The third-order valence-electron chi connectivity index (χ3n) is 4.00. The number of carbonyl (C=O) groups is 1. The van der Waals surface area contributed by atoms with Crippen LogP contribution in [-0.4, -0.2) is 26.6 Å². The van der Waals surface area contributed by atoms with Crippen molar-refractivity contribution in [2.24, 2.45) is 0 Å². The molecule has 0 radical (unpaired) electrons. The van der Waals surface area contributed by atoms with E-state index in [-0.39, 0.29) is 11.7 Å². The third-order valence-corrected chi connectivity index (χ3v) is 5.08. The molecule has 0 aliphatic carbocycles. The smallest absolute Gasteiger partial charge is 0.234 e. The van der Waals surface area contributed by atoms with Crippen molar-refractivity contribution in [1.82, 2.24) is 15.0 Å². The van der Waals surface area contributed by atoms with E-state index in [1.165, 1.54) is 17.3 Å². The number of fused-ring (bicyclic) bond motifs is 1. The maximum atomic E-state index is 12.1. The highest BCUT2D eigenvalue weighted by Crippen LogP contribution is 2.22. The third kappa shape index (κ3) is 4.52. The summed E-state index contributed by atoms with van der Waals surface area (Å²) in [5.74, 6) is 0.712. The van der Waals surface area contributed by atoms with E-state index >= 15 is 0 Å². The number of aromatic nitrogens is 3. The number of rotatable bonds is 6. The number of nitrogens with zero attached hydrogens (tertiary/aromatic N) is 2. The SMILES string of the molecule is CC[C@@H](C)c1ccc(NC(=O)CSc2nc3ncc(Cl)cc3[nH]2)cc1. The summed E-state index contributed by atoms with van der Waals surface area (Å²) in [7, 11) is 0. The number of H-pyrrole nitrogens is 1. The predicted molar refractivity (Wildman–Crippen MR) is 103 cm³/mol. The number of thioether (sulfide) groups is 1. The largest absolute Gasteiger partial charge is 0.331 e. The fourth-order valence-electron chi connectivity index (χ4n) is 2.38. The minimum atomic E-state index is -0.0762. The quantitative estimate of drug-likeness (QED) is 0.604. The Bertz CT molecular complexity index is 878. The number of pyridine rings is 1.